The van der Waals surface area contributed by atoms with Crippen LogP contribution < -0.4 is 0 Å². The van der Waals surface area contributed by atoms with E-state index in [1.165, 1.54) is 0 Å². The highest BCUT2D eigenvalue weighted by Gasteiger charge is 2.10. The highest BCUT2D eigenvalue weighted by atomic mass is 79.9. The van der Waals surface area contributed by atoms with Crippen molar-refractivity contribution in [3.63, 3.8) is 0 Å². The molecule has 0 amide bonds. The van der Waals surface area contributed by atoms with Crippen LogP contribution in [0.3, 0.4) is 0 Å². The lowest BCUT2D eigenvalue weighted by Crippen LogP contribution is -2.09. The summed E-state index contributed by atoms with van der Waals surface area (Å²) >= 11 is 6.29. The summed E-state index contributed by atoms with van der Waals surface area (Å²) in [5.41, 5.74) is 0. The molecule has 0 spiro atoms. The summed E-state index contributed by atoms with van der Waals surface area (Å²) in [4.78, 5) is 0. The van der Waals surface area contributed by atoms with Crippen molar-refractivity contribution in [3.8, 4) is 0 Å². The molecular formula is C3H6Br2O. The molecule has 0 rings (SSSR count). The minimum atomic E-state index is -0.278. The molecule has 0 aromatic heterocycles. The summed E-state index contributed by atoms with van der Waals surface area (Å²) in [6.45, 7) is 1.93. The molecule has 0 aliphatic heterocycles. The smallest absolute Gasteiger partial charge is 0.101 e. The van der Waals surface area contributed by atoms with Crippen molar-refractivity contribution in [3.05, 3.63) is 0 Å². The van der Waals surface area contributed by atoms with Crippen molar-refractivity contribution in [2.45, 2.75) is 10.2 Å². The Kier molecular flexibility index (Phi) is 2.63. The van der Waals surface area contributed by atoms with Crippen molar-refractivity contribution in [2.24, 2.45) is 0 Å². The van der Waals surface area contributed by atoms with Crippen molar-refractivity contribution >= 4 is 31.9 Å². The van der Waals surface area contributed by atoms with Gasteiger partial charge in [-0.25, -0.2) is 0 Å². The van der Waals surface area contributed by atoms with Crippen LogP contribution in [0.15, 0.2) is 0 Å². The van der Waals surface area contributed by atoms with E-state index in [9.17, 15) is 0 Å². The molecule has 6 heavy (non-hydrogen) atoms. The lowest BCUT2D eigenvalue weighted by atomic mass is 10.5. The molecule has 0 aliphatic rings. The number of hydrogen-bond acceptors (Lipinski definition) is 1. The Morgan fingerprint density at radius 2 is 1.83 bits per heavy atom. The van der Waals surface area contributed by atoms with Gasteiger partial charge in [-0.2, -0.15) is 0 Å². The second-order valence-electron chi connectivity index (χ2n) is 1.23. The third kappa shape index (κ3) is 4.92. The van der Waals surface area contributed by atoms with E-state index >= 15 is 0 Å². The zero-order valence-corrected chi connectivity index (χ0v) is 6.58. The van der Waals surface area contributed by atoms with Crippen LogP contribution in [-0.2, 0) is 0 Å². The molecule has 0 radical (unpaired) electrons. The minimum absolute atomic E-state index is 0.104. The first-order valence-corrected chi connectivity index (χ1v) is 3.13. The maximum Gasteiger partial charge on any atom is 0.101 e. The first-order chi connectivity index (χ1) is 2.56. The van der Waals surface area contributed by atoms with E-state index < -0.39 is 0 Å². The molecule has 0 heterocycles. The van der Waals surface area contributed by atoms with Crippen molar-refractivity contribution in [1.82, 2.24) is 0 Å². The van der Waals surface area contributed by atoms with Crippen LogP contribution in [0.5, 0.6) is 0 Å². The van der Waals surface area contributed by atoms with Gasteiger partial charge in [-0.1, -0.05) is 31.9 Å². The van der Waals surface area contributed by atoms with Crippen LogP contribution >= 0.6 is 31.9 Å². The van der Waals surface area contributed by atoms with E-state index in [0.717, 1.165) is 0 Å². The fraction of sp³-hybridized carbons (Fsp3) is 1.00. The fourth-order valence-electron chi connectivity index (χ4n) is 0. The highest BCUT2D eigenvalue weighted by molar-refractivity contribution is 9.25. The Balaban J connectivity index is 3.17. The highest BCUT2D eigenvalue weighted by Crippen LogP contribution is 2.22. The summed E-state index contributed by atoms with van der Waals surface area (Å²) in [7, 11) is 0. The second kappa shape index (κ2) is 2.28. The van der Waals surface area contributed by atoms with Crippen LogP contribution in [0.4, 0.5) is 0 Å². The molecule has 3 heteroatoms. The Labute approximate surface area is 54.0 Å². The lowest BCUT2D eigenvalue weighted by Gasteiger charge is -2.06. The Morgan fingerprint density at radius 1 is 1.67 bits per heavy atom. The van der Waals surface area contributed by atoms with Crippen molar-refractivity contribution in [1.29, 1.82) is 0 Å². The van der Waals surface area contributed by atoms with E-state index in [1.807, 2.05) is 6.92 Å². The Morgan fingerprint density at radius 3 is 1.83 bits per heavy atom. The Hall–Kier alpha value is 0.920. The number of aliphatic hydroxyl groups is 1. The second-order valence-corrected chi connectivity index (χ2v) is 5.79. The van der Waals surface area contributed by atoms with E-state index in [-0.39, 0.29) is 9.84 Å². The van der Waals surface area contributed by atoms with Gasteiger partial charge in [0.1, 0.15) is 3.23 Å². The third-order valence-electron chi connectivity index (χ3n) is 0.278. The molecule has 0 unspecified atom stereocenters. The molecule has 38 valence electrons. The van der Waals surface area contributed by atoms with E-state index in [0.29, 0.717) is 0 Å². The van der Waals surface area contributed by atoms with Gasteiger partial charge in [0, 0.05) is 0 Å². The molecule has 0 atom stereocenters. The van der Waals surface area contributed by atoms with Crippen LogP contribution in [0, 0.1) is 0 Å². The van der Waals surface area contributed by atoms with E-state index in [4.69, 9.17) is 5.11 Å². The molecule has 0 aromatic rings. The van der Waals surface area contributed by atoms with Gasteiger partial charge < -0.3 is 5.11 Å². The number of halogens is 2. The topological polar surface area (TPSA) is 20.2 Å². The SMILES string of the molecule is CC(Br)(Br)CO. The molecule has 0 saturated carbocycles. The summed E-state index contributed by atoms with van der Waals surface area (Å²) in [6, 6.07) is 0. The van der Waals surface area contributed by atoms with Crippen LogP contribution in [0.25, 0.3) is 0 Å². The molecule has 0 bridgehead atoms. The monoisotopic (exact) mass is 216 g/mol. The third-order valence-corrected chi connectivity index (χ3v) is 0.779. The van der Waals surface area contributed by atoms with Gasteiger partial charge in [-0.15, -0.1) is 0 Å². The molecule has 0 fully saturated rings. The predicted octanol–water partition coefficient (Wildman–Crippen LogP) is 1.48. The van der Waals surface area contributed by atoms with E-state index in [2.05, 4.69) is 31.9 Å². The molecule has 1 nitrogen and oxygen atoms in total. The largest absolute Gasteiger partial charge is 0.394 e. The number of rotatable bonds is 1. The Bertz CT molecular complexity index is 38.5. The summed E-state index contributed by atoms with van der Waals surface area (Å²) in [5.74, 6) is 0. The maximum absolute atomic E-state index is 8.31. The summed E-state index contributed by atoms with van der Waals surface area (Å²) in [6.07, 6.45) is 0. The zero-order chi connectivity index (χ0) is 5.21. The number of hydrogen-bond donors (Lipinski definition) is 1. The standard InChI is InChI=1S/C3H6Br2O/c1-3(4,5)2-6/h6H,2H2,1H3. The number of alkyl halides is 2. The summed E-state index contributed by atoms with van der Waals surface area (Å²) in [5, 5.41) is 8.31. The molecular weight excluding hydrogens is 212 g/mol. The van der Waals surface area contributed by atoms with Gasteiger partial charge in [0.2, 0.25) is 0 Å². The average molecular weight is 218 g/mol. The van der Waals surface area contributed by atoms with Gasteiger partial charge in [0.15, 0.2) is 0 Å². The van der Waals surface area contributed by atoms with Gasteiger partial charge >= 0.3 is 0 Å². The first-order valence-electron chi connectivity index (χ1n) is 1.55. The first kappa shape index (κ1) is 6.92. The molecule has 1 N–H and O–H groups in total. The average Bonchev–Trinajstić information content (AvgIpc) is 1.35. The van der Waals surface area contributed by atoms with Crippen molar-refractivity contribution < 1.29 is 5.11 Å². The predicted molar refractivity (Wildman–Crippen MR) is 33.3 cm³/mol. The van der Waals surface area contributed by atoms with Gasteiger partial charge in [0.25, 0.3) is 0 Å². The van der Waals surface area contributed by atoms with Crippen molar-refractivity contribution in [2.75, 3.05) is 6.61 Å². The zero-order valence-electron chi connectivity index (χ0n) is 3.41. The molecule has 0 aliphatic carbocycles. The summed E-state index contributed by atoms with van der Waals surface area (Å²) < 4.78 is -0.278. The van der Waals surface area contributed by atoms with Gasteiger partial charge in [-0.05, 0) is 6.92 Å². The van der Waals surface area contributed by atoms with Crippen LogP contribution in [0.1, 0.15) is 6.92 Å². The molecule has 0 aromatic carbocycles. The quantitative estimate of drug-likeness (QED) is 0.660. The van der Waals surface area contributed by atoms with Crippen LogP contribution in [0.2, 0.25) is 0 Å². The van der Waals surface area contributed by atoms with Gasteiger partial charge in [0.05, 0.1) is 6.61 Å². The molecule has 0 saturated heterocycles. The maximum atomic E-state index is 8.31. The normalized spacial score (nSPS) is 12.0. The van der Waals surface area contributed by atoms with Gasteiger partial charge in [-0.3, -0.25) is 0 Å². The van der Waals surface area contributed by atoms with Crippen LogP contribution in [-0.4, -0.2) is 14.9 Å². The van der Waals surface area contributed by atoms with E-state index in [1.54, 1.807) is 0 Å². The fourth-order valence-corrected chi connectivity index (χ4v) is 0. The minimum Gasteiger partial charge on any atom is -0.394 e. The lowest BCUT2D eigenvalue weighted by molar-refractivity contribution is 0.294. The number of aliphatic hydroxyl groups excluding tert-OH is 1.